The Morgan fingerprint density at radius 3 is 2.93 bits per heavy atom. The fourth-order valence-electron chi connectivity index (χ4n) is 3.54. The van der Waals surface area contributed by atoms with E-state index in [1.54, 1.807) is 36.5 Å². The molecule has 4 N–H and O–H groups in total. The van der Waals surface area contributed by atoms with Crippen LogP contribution in [0.15, 0.2) is 42.7 Å². The number of hydrogen-bond donors (Lipinski definition) is 3. The van der Waals surface area contributed by atoms with Gasteiger partial charge in [-0.1, -0.05) is 12.1 Å². The van der Waals surface area contributed by atoms with Gasteiger partial charge < -0.3 is 16.4 Å². The van der Waals surface area contributed by atoms with E-state index in [-0.39, 0.29) is 17.6 Å². The van der Waals surface area contributed by atoms with Crippen molar-refractivity contribution >= 4 is 23.1 Å². The van der Waals surface area contributed by atoms with Crippen molar-refractivity contribution in [1.29, 1.82) is 5.26 Å². The molecule has 0 bridgehead atoms. The minimum atomic E-state index is -2.93. The van der Waals surface area contributed by atoms with Crippen LogP contribution < -0.4 is 16.4 Å². The molecule has 2 heterocycles. The van der Waals surface area contributed by atoms with Crippen molar-refractivity contribution in [3.05, 3.63) is 53.9 Å². The van der Waals surface area contributed by atoms with E-state index in [1.165, 1.54) is 10.7 Å². The number of aromatic nitrogens is 3. The predicted molar refractivity (Wildman–Crippen MR) is 106 cm³/mol. The Morgan fingerprint density at radius 2 is 2.13 bits per heavy atom. The first-order valence-corrected chi connectivity index (χ1v) is 9.44. The average molecular weight is 411 g/mol. The van der Waals surface area contributed by atoms with Crippen molar-refractivity contribution in [2.45, 2.75) is 37.3 Å². The fraction of sp³-hybridized carbons (Fsp3) is 0.300. The standard InChI is InChI=1S/C20H19F2N7O/c21-20(22)8-3-6-15(17(20)24)26-16-7-9-29-18(28-16)13(11-25-29)19(30)27-14-5-2-1-4-12(14)10-23/h1-2,4-5,7,9,11,15,17H,3,6,8,24H2,(H,26,28)(H,27,30)/t15-,17-/m1/s1. The lowest BCUT2D eigenvalue weighted by Gasteiger charge is -2.36. The molecule has 8 nitrogen and oxygen atoms in total. The molecule has 0 unspecified atom stereocenters. The Balaban J connectivity index is 1.59. The van der Waals surface area contributed by atoms with E-state index >= 15 is 0 Å². The molecule has 30 heavy (non-hydrogen) atoms. The molecule has 2 aromatic heterocycles. The lowest BCUT2D eigenvalue weighted by atomic mass is 9.87. The minimum Gasteiger partial charge on any atom is -0.365 e. The molecule has 0 spiro atoms. The summed E-state index contributed by atoms with van der Waals surface area (Å²) in [6.07, 6.45) is 3.57. The first kappa shape index (κ1) is 19.7. The fourth-order valence-corrected chi connectivity index (χ4v) is 3.54. The maximum atomic E-state index is 13.9. The van der Waals surface area contributed by atoms with Crippen LogP contribution in [0.4, 0.5) is 20.3 Å². The van der Waals surface area contributed by atoms with Crippen molar-refractivity contribution in [2.75, 3.05) is 10.6 Å². The molecule has 1 aliphatic carbocycles. The van der Waals surface area contributed by atoms with Crippen molar-refractivity contribution in [1.82, 2.24) is 14.6 Å². The molecule has 10 heteroatoms. The van der Waals surface area contributed by atoms with Gasteiger partial charge in [0.05, 0.1) is 23.5 Å². The number of alkyl halides is 2. The second-order valence-corrected chi connectivity index (χ2v) is 7.18. The zero-order valence-corrected chi connectivity index (χ0v) is 15.8. The van der Waals surface area contributed by atoms with E-state index in [1.807, 2.05) is 6.07 Å². The number of hydrogen-bond acceptors (Lipinski definition) is 6. The molecular weight excluding hydrogens is 392 g/mol. The zero-order chi connectivity index (χ0) is 21.3. The van der Waals surface area contributed by atoms with Gasteiger partial charge in [0, 0.05) is 18.7 Å². The first-order chi connectivity index (χ1) is 14.4. The number of amides is 1. The van der Waals surface area contributed by atoms with Gasteiger partial charge in [0.1, 0.15) is 17.5 Å². The van der Waals surface area contributed by atoms with E-state index in [0.29, 0.717) is 29.9 Å². The van der Waals surface area contributed by atoms with E-state index < -0.39 is 23.9 Å². The Morgan fingerprint density at radius 1 is 1.33 bits per heavy atom. The molecule has 3 aromatic rings. The topological polar surface area (TPSA) is 121 Å². The van der Waals surface area contributed by atoms with Crippen molar-refractivity contribution < 1.29 is 13.6 Å². The normalized spacial score (nSPS) is 20.5. The minimum absolute atomic E-state index is 0.185. The van der Waals surface area contributed by atoms with Crippen LogP contribution in [0.2, 0.25) is 0 Å². The summed E-state index contributed by atoms with van der Waals surface area (Å²) < 4.78 is 29.2. The average Bonchev–Trinajstić information content (AvgIpc) is 3.15. The van der Waals surface area contributed by atoms with Crippen molar-refractivity contribution in [2.24, 2.45) is 5.73 Å². The van der Waals surface area contributed by atoms with Gasteiger partial charge in [-0.15, -0.1) is 0 Å². The Labute approximate surface area is 170 Å². The van der Waals surface area contributed by atoms with Gasteiger partial charge in [-0.2, -0.15) is 10.4 Å². The molecular formula is C20H19F2N7O. The largest absolute Gasteiger partial charge is 0.365 e. The van der Waals surface area contributed by atoms with Gasteiger partial charge in [-0.25, -0.2) is 18.3 Å². The van der Waals surface area contributed by atoms with Gasteiger partial charge in [0.15, 0.2) is 5.65 Å². The quantitative estimate of drug-likeness (QED) is 0.607. The highest BCUT2D eigenvalue weighted by molar-refractivity contribution is 6.08. The van der Waals surface area contributed by atoms with Crippen LogP contribution in [-0.4, -0.2) is 38.5 Å². The number of carbonyl (C=O) groups is 1. The van der Waals surface area contributed by atoms with E-state index in [0.717, 1.165) is 0 Å². The number of nitrogens with one attached hydrogen (secondary N) is 2. The number of benzene rings is 1. The monoisotopic (exact) mass is 411 g/mol. The lowest BCUT2D eigenvalue weighted by molar-refractivity contribution is -0.0554. The molecule has 0 aliphatic heterocycles. The summed E-state index contributed by atoms with van der Waals surface area (Å²) in [4.78, 5) is 17.1. The molecule has 1 aromatic carbocycles. The second kappa shape index (κ2) is 7.68. The SMILES string of the molecule is N#Cc1ccccc1NC(=O)c1cnn2ccc(N[C@@H]3CCCC(F)(F)[C@@H]3N)nc12. The number of nitrogens with zero attached hydrogens (tertiary/aromatic N) is 4. The van der Waals surface area contributed by atoms with Gasteiger partial charge in [-0.05, 0) is 31.0 Å². The van der Waals surface area contributed by atoms with E-state index in [4.69, 9.17) is 5.73 Å². The number of anilines is 2. The van der Waals surface area contributed by atoms with Crippen LogP contribution in [0.5, 0.6) is 0 Å². The van der Waals surface area contributed by atoms with Crippen LogP contribution in [0.25, 0.3) is 5.65 Å². The highest BCUT2D eigenvalue weighted by Gasteiger charge is 2.44. The van der Waals surface area contributed by atoms with Crippen LogP contribution in [-0.2, 0) is 0 Å². The number of nitrogens with two attached hydrogens (primary N) is 1. The predicted octanol–water partition coefficient (Wildman–Crippen LogP) is 2.78. The number of para-hydroxylation sites is 1. The second-order valence-electron chi connectivity index (χ2n) is 7.18. The summed E-state index contributed by atoms with van der Waals surface area (Å²) in [7, 11) is 0. The highest BCUT2D eigenvalue weighted by atomic mass is 19.3. The van der Waals surface area contributed by atoms with E-state index in [2.05, 4.69) is 20.7 Å². The number of halogens is 2. The first-order valence-electron chi connectivity index (χ1n) is 9.44. The highest BCUT2D eigenvalue weighted by Crippen LogP contribution is 2.33. The van der Waals surface area contributed by atoms with Crippen LogP contribution >= 0.6 is 0 Å². The summed E-state index contributed by atoms with van der Waals surface area (Å²) >= 11 is 0. The van der Waals surface area contributed by atoms with Crippen LogP contribution in [0.3, 0.4) is 0 Å². The molecule has 1 aliphatic rings. The van der Waals surface area contributed by atoms with Crippen LogP contribution in [0, 0.1) is 11.3 Å². The number of carbonyl (C=O) groups excluding carboxylic acids is 1. The number of nitriles is 1. The summed E-state index contributed by atoms with van der Waals surface area (Å²) in [6, 6.07) is 8.26. The maximum absolute atomic E-state index is 13.9. The molecule has 1 amide bonds. The van der Waals surface area contributed by atoms with Gasteiger partial charge in [0.25, 0.3) is 11.8 Å². The Bertz CT molecular complexity index is 1140. The van der Waals surface area contributed by atoms with Crippen LogP contribution in [0.1, 0.15) is 35.2 Å². The third kappa shape index (κ3) is 3.67. The number of fused-ring (bicyclic) bond motifs is 1. The number of rotatable bonds is 4. The van der Waals surface area contributed by atoms with Crippen molar-refractivity contribution in [3.8, 4) is 6.07 Å². The molecule has 0 radical (unpaired) electrons. The molecule has 1 saturated carbocycles. The zero-order valence-electron chi connectivity index (χ0n) is 15.8. The molecule has 0 saturated heterocycles. The van der Waals surface area contributed by atoms with Crippen molar-refractivity contribution in [3.63, 3.8) is 0 Å². The third-order valence-electron chi connectivity index (χ3n) is 5.19. The summed E-state index contributed by atoms with van der Waals surface area (Å²) in [5.74, 6) is -3.10. The lowest BCUT2D eigenvalue weighted by Crippen LogP contribution is -2.55. The Kier molecular flexibility index (Phi) is 5.05. The summed E-state index contributed by atoms with van der Waals surface area (Å²) in [6.45, 7) is 0. The summed E-state index contributed by atoms with van der Waals surface area (Å²) in [5.41, 5.74) is 6.87. The van der Waals surface area contributed by atoms with Gasteiger partial charge >= 0.3 is 0 Å². The third-order valence-corrected chi connectivity index (χ3v) is 5.19. The van der Waals surface area contributed by atoms with E-state index in [9.17, 15) is 18.8 Å². The Hall–Kier alpha value is -3.58. The summed E-state index contributed by atoms with van der Waals surface area (Å²) in [5, 5.41) is 18.9. The van der Waals surface area contributed by atoms with Gasteiger partial charge in [0.2, 0.25) is 0 Å². The molecule has 1 fully saturated rings. The maximum Gasteiger partial charge on any atom is 0.264 e. The van der Waals surface area contributed by atoms with Gasteiger partial charge in [-0.3, -0.25) is 4.79 Å². The molecule has 2 atom stereocenters. The molecule has 154 valence electrons. The smallest absolute Gasteiger partial charge is 0.264 e. The molecule has 4 rings (SSSR count).